The number of carboxylic acids is 1. The van der Waals surface area contributed by atoms with E-state index in [1.807, 2.05) is 0 Å². The van der Waals surface area contributed by atoms with Crippen molar-refractivity contribution >= 4 is 28.6 Å². The molecule has 0 radical (unpaired) electrons. The summed E-state index contributed by atoms with van der Waals surface area (Å²) in [4.78, 5) is 18.8. The van der Waals surface area contributed by atoms with Crippen LogP contribution in [0, 0.1) is 0 Å². The molecule has 1 heterocycles. The van der Waals surface area contributed by atoms with Gasteiger partial charge in [-0.05, 0) is 25.1 Å². The van der Waals surface area contributed by atoms with Crippen molar-refractivity contribution < 1.29 is 14.6 Å². The van der Waals surface area contributed by atoms with Gasteiger partial charge in [-0.3, -0.25) is 0 Å². The Bertz CT molecular complexity index is 574. The van der Waals surface area contributed by atoms with E-state index < -0.39 is 12.1 Å². The number of hydrogen-bond donors (Lipinski definition) is 1. The van der Waals surface area contributed by atoms with E-state index in [2.05, 4.69) is 9.97 Å². The number of carboxylic acid groups (broad SMARTS) is 1. The molecule has 0 bridgehead atoms. The van der Waals surface area contributed by atoms with E-state index in [-0.39, 0.29) is 5.88 Å². The van der Waals surface area contributed by atoms with Crippen molar-refractivity contribution in [2.45, 2.75) is 13.0 Å². The normalized spacial score (nSPS) is 12.4. The molecule has 0 aliphatic heterocycles. The molecule has 0 fully saturated rings. The summed E-state index contributed by atoms with van der Waals surface area (Å²) in [6, 6.07) is 5.06. The van der Waals surface area contributed by atoms with E-state index in [0.29, 0.717) is 16.1 Å². The van der Waals surface area contributed by atoms with Crippen LogP contribution < -0.4 is 4.74 Å². The van der Waals surface area contributed by atoms with E-state index in [9.17, 15) is 4.79 Å². The highest BCUT2D eigenvalue weighted by molar-refractivity contribution is 6.31. The zero-order valence-corrected chi connectivity index (χ0v) is 9.68. The van der Waals surface area contributed by atoms with Crippen molar-refractivity contribution in [1.82, 2.24) is 9.97 Å². The maximum absolute atomic E-state index is 10.6. The Morgan fingerprint density at radius 2 is 2.24 bits per heavy atom. The van der Waals surface area contributed by atoms with Crippen LogP contribution in [-0.2, 0) is 4.79 Å². The van der Waals surface area contributed by atoms with Gasteiger partial charge in [0.05, 0.1) is 17.2 Å². The summed E-state index contributed by atoms with van der Waals surface area (Å²) in [7, 11) is 0. The van der Waals surface area contributed by atoms with Crippen LogP contribution in [0.4, 0.5) is 0 Å². The van der Waals surface area contributed by atoms with Gasteiger partial charge in [-0.15, -0.1) is 0 Å². The van der Waals surface area contributed by atoms with Crippen LogP contribution in [-0.4, -0.2) is 27.1 Å². The van der Waals surface area contributed by atoms with Gasteiger partial charge in [0.25, 0.3) is 0 Å². The molecule has 0 amide bonds. The molecule has 5 nitrogen and oxygen atoms in total. The van der Waals surface area contributed by atoms with E-state index in [1.54, 1.807) is 18.2 Å². The summed E-state index contributed by atoms with van der Waals surface area (Å²) < 4.78 is 5.11. The first-order valence-electron chi connectivity index (χ1n) is 4.88. The van der Waals surface area contributed by atoms with Crippen molar-refractivity contribution in [3.63, 3.8) is 0 Å². The molecular weight excluding hydrogens is 244 g/mol. The lowest BCUT2D eigenvalue weighted by atomic mass is 10.3. The molecular formula is C11H9ClN2O3. The van der Waals surface area contributed by atoms with Crippen molar-refractivity contribution in [1.29, 1.82) is 0 Å². The Morgan fingerprint density at radius 3 is 2.94 bits per heavy atom. The highest BCUT2D eigenvalue weighted by atomic mass is 35.5. The van der Waals surface area contributed by atoms with Crippen LogP contribution in [0.2, 0.25) is 5.02 Å². The number of aromatic nitrogens is 2. The minimum atomic E-state index is -1.05. The van der Waals surface area contributed by atoms with Gasteiger partial charge >= 0.3 is 5.97 Å². The standard InChI is InChI=1S/C11H9ClN2O3/c1-6(11(15)16)17-10-5-13-9-4-7(12)2-3-8(9)14-10/h2-6H,1H3,(H,15,16). The first-order valence-corrected chi connectivity index (χ1v) is 5.26. The predicted molar refractivity (Wildman–Crippen MR) is 62.3 cm³/mol. The summed E-state index contributed by atoms with van der Waals surface area (Å²) in [6.07, 6.45) is 0.409. The highest BCUT2D eigenvalue weighted by Crippen LogP contribution is 2.18. The molecule has 1 atom stereocenters. The molecule has 1 aromatic heterocycles. The fraction of sp³-hybridized carbons (Fsp3) is 0.182. The number of aliphatic carboxylic acids is 1. The lowest BCUT2D eigenvalue weighted by molar-refractivity contribution is -0.144. The molecule has 1 aromatic carbocycles. The monoisotopic (exact) mass is 252 g/mol. The molecule has 17 heavy (non-hydrogen) atoms. The van der Waals surface area contributed by atoms with Crippen LogP contribution >= 0.6 is 11.6 Å². The Balaban J connectivity index is 2.32. The Hall–Kier alpha value is -1.88. The number of ether oxygens (including phenoxy) is 1. The molecule has 0 aliphatic rings. The van der Waals surface area contributed by atoms with Crippen LogP contribution in [0.5, 0.6) is 5.88 Å². The lowest BCUT2D eigenvalue weighted by Crippen LogP contribution is -2.23. The van der Waals surface area contributed by atoms with Crippen LogP contribution in [0.25, 0.3) is 11.0 Å². The predicted octanol–water partition coefficient (Wildman–Crippen LogP) is 2.14. The number of rotatable bonds is 3. The second kappa shape index (κ2) is 4.55. The fourth-order valence-electron chi connectivity index (χ4n) is 1.26. The molecule has 0 aliphatic carbocycles. The van der Waals surface area contributed by atoms with Gasteiger partial charge < -0.3 is 9.84 Å². The summed E-state index contributed by atoms with van der Waals surface area (Å²) >= 11 is 5.81. The molecule has 1 N–H and O–H groups in total. The average molecular weight is 253 g/mol. The third-order valence-electron chi connectivity index (χ3n) is 2.13. The van der Waals surface area contributed by atoms with Crippen molar-refractivity contribution in [3.05, 3.63) is 29.4 Å². The number of fused-ring (bicyclic) bond motifs is 1. The number of benzene rings is 1. The Morgan fingerprint density at radius 1 is 1.47 bits per heavy atom. The third kappa shape index (κ3) is 2.62. The molecule has 0 spiro atoms. The smallest absolute Gasteiger partial charge is 0.344 e. The van der Waals surface area contributed by atoms with Crippen molar-refractivity contribution in [2.75, 3.05) is 0 Å². The molecule has 0 saturated carbocycles. The average Bonchev–Trinajstić information content (AvgIpc) is 2.29. The van der Waals surface area contributed by atoms with Crippen LogP contribution in [0.1, 0.15) is 6.92 Å². The van der Waals surface area contributed by atoms with Gasteiger partial charge in [-0.2, -0.15) is 0 Å². The van der Waals surface area contributed by atoms with E-state index >= 15 is 0 Å². The quantitative estimate of drug-likeness (QED) is 0.906. The minimum absolute atomic E-state index is 0.176. The van der Waals surface area contributed by atoms with Gasteiger partial charge in [-0.1, -0.05) is 11.6 Å². The minimum Gasteiger partial charge on any atom is -0.479 e. The van der Waals surface area contributed by atoms with E-state index in [1.165, 1.54) is 13.1 Å². The number of carbonyl (C=O) groups is 1. The molecule has 88 valence electrons. The summed E-state index contributed by atoms with van der Waals surface area (Å²) in [5, 5.41) is 9.27. The second-order valence-corrected chi connectivity index (χ2v) is 3.88. The van der Waals surface area contributed by atoms with E-state index in [4.69, 9.17) is 21.4 Å². The molecule has 6 heteroatoms. The van der Waals surface area contributed by atoms with Gasteiger partial charge in [0.15, 0.2) is 6.10 Å². The topological polar surface area (TPSA) is 72.3 Å². The Labute approximate surface area is 102 Å². The Kier molecular flexibility index (Phi) is 3.10. The summed E-state index contributed by atoms with van der Waals surface area (Å²) in [5.41, 5.74) is 1.23. The zero-order valence-electron chi connectivity index (χ0n) is 8.92. The molecule has 0 saturated heterocycles. The van der Waals surface area contributed by atoms with Crippen molar-refractivity contribution in [2.24, 2.45) is 0 Å². The second-order valence-electron chi connectivity index (χ2n) is 3.44. The number of hydrogen-bond acceptors (Lipinski definition) is 4. The van der Waals surface area contributed by atoms with Gasteiger partial charge in [0.1, 0.15) is 0 Å². The largest absolute Gasteiger partial charge is 0.479 e. The van der Waals surface area contributed by atoms with Crippen molar-refractivity contribution in [3.8, 4) is 5.88 Å². The van der Waals surface area contributed by atoms with Gasteiger partial charge in [0.2, 0.25) is 5.88 Å². The summed E-state index contributed by atoms with van der Waals surface area (Å²) in [5.74, 6) is -0.877. The molecule has 2 aromatic rings. The first kappa shape index (κ1) is 11.6. The third-order valence-corrected chi connectivity index (χ3v) is 2.36. The first-order chi connectivity index (χ1) is 8.06. The maximum Gasteiger partial charge on any atom is 0.344 e. The highest BCUT2D eigenvalue weighted by Gasteiger charge is 2.13. The van der Waals surface area contributed by atoms with Crippen LogP contribution in [0.3, 0.4) is 0 Å². The maximum atomic E-state index is 10.6. The lowest BCUT2D eigenvalue weighted by Gasteiger charge is -2.09. The molecule has 1 unspecified atom stereocenters. The molecule has 2 rings (SSSR count). The number of nitrogens with zero attached hydrogens (tertiary/aromatic N) is 2. The van der Waals surface area contributed by atoms with Gasteiger partial charge in [-0.25, -0.2) is 14.8 Å². The zero-order chi connectivity index (χ0) is 12.4. The summed E-state index contributed by atoms with van der Waals surface area (Å²) in [6.45, 7) is 1.43. The SMILES string of the molecule is CC(Oc1cnc2cc(Cl)ccc2n1)C(=O)O. The van der Waals surface area contributed by atoms with E-state index in [0.717, 1.165) is 0 Å². The fourth-order valence-corrected chi connectivity index (χ4v) is 1.42. The van der Waals surface area contributed by atoms with Crippen LogP contribution in [0.15, 0.2) is 24.4 Å². The number of halogens is 1. The van der Waals surface area contributed by atoms with Gasteiger partial charge in [0, 0.05) is 5.02 Å².